The molecule has 1 aliphatic rings. The fraction of sp³-hybridized carbons (Fsp3) is 0.583. The standard InChI is InChI=1S/C12H19N5O/c1-8-2-4-9(5-3-8)15-12(18)10-6-14-7-11(16-10)17-13/h6-9H,2-5,13H2,1H3,(H,15,18)(H,16,17). The third kappa shape index (κ3) is 3.16. The molecule has 1 aromatic rings. The van der Waals surface area contributed by atoms with Gasteiger partial charge < -0.3 is 10.7 Å². The minimum atomic E-state index is -0.181. The lowest BCUT2D eigenvalue weighted by atomic mass is 9.87. The second kappa shape index (κ2) is 5.77. The number of nitrogens with zero attached hydrogens (tertiary/aromatic N) is 2. The van der Waals surface area contributed by atoms with E-state index in [0.29, 0.717) is 11.5 Å². The smallest absolute Gasteiger partial charge is 0.271 e. The number of nitrogens with one attached hydrogen (secondary N) is 2. The van der Waals surface area contributed by atoms with E-state index in [2.05, 4.69) is 27.6 Å². The molecule has 0 saturated heterocycles. The van der Waals surface area contributed by atoms with Gasteiger partial charge in [0.1, 0.15) is 5.69 Å². The minimum absolute atomic E-state index is 0.181. The summed E-state index contributed by atoms with van der Waals surface area (Å²) < 4.78 is 0. The predicted octanol–water partition coefficient (Wildman–Crippen LogP) is 1.07. The first-order valence-corrected chi connectivity index (χ1v) is 6.28. The SMILES string of the molecule is CC1CCC(NC(=O)c2cncc(NN)n2)CC1. The van der Waals surface area contributed by atoms with Gasteiger partial charge in [0.2, 0.25) is 0 Å². The Labute approximate surface area is 106 Å². The molecular formula is C12H19N5O. The second-order valence-corrected chi connectivity index (χ2v) is 4.86. The number of amides is 1. The highest BCUT2D eigenvalue weighted by molar-refractivity contribution is 5.92. The number of hydrogen-bond donors (Lipinski definition) is 3. The van der Waals surface area contributed by atoms with Crippen LogP contribution in [0.25, 0.3) is 0 Å². The Morgan fingerprint density at radius 1 is 1.33 bits per heavy atom. The van der Waals surface area contributed by atoms with E-state index in [4.69, 9.17) is 5.84 Å². The first kappa shape index (κ1) is 12.8. The Morgan fingerprint density at radius 3 is 2.72 bits per heavy atom. The van der Waals surface area contributed by atoms with Gasteiger partial charge in [-0.05, 0) is 31.6 Å². The van der Waals surface area contributed by atoms with Crippen LogP contribution in [0.5, 0.6) is 0 Å². The van der Waals surface area contributed by atoms with E-state index in [1.54, 1.807) is 0 Å². The number of anilines is 1. The minimum Gasteiger partial charge on any atom is -0.348 e. The number of aromatic nitrogens is 2. The van der Waals surface area contributed by atoms with Crippen LogP contribution in [-0.4, -0.2) is 21.9 Å². The lowest BCUT2D eigenvalue weighted by molar-refractivity contribution is 0.0917. The number of rotatable bonds is 3. The number of carbonyl (C=O) groups is 1. The molecule has 0 radical (unpaired) electrons. The molecule has 0 spiro atoms. The van der Waals surface area contributed by atoms with Gasteiger partial charge >= 0.3 is 0 Å². The number of nitrogen functional groups attached to an aromatic ring is 1. The van der Waals surface area contributed by atoms with Crippen LogP contribution in [0.2, 0.25) is 0 Å². The van der Waals surface area contributed by atoms with E-state index in [9.17, 15) is 4.79 Å². The van der Waals surface area contributed by atoms with Crippen LogP contribution in [-0.2, 0) is 0 Å². The van der Waals surface area contributed by atoms with Crippen molar-refractivity contribution in [1.82, 2.24) is 15.3 Å². The van der Waals surface area contributed by atoms with E-state index in [0.717, 1.165) is 18.8 Å². The molecule has 0 unspecified atom stereocenters. The van der Waals surface area contributed by atoms with Gasteiger partial charge in [0, 0.05) is 6.04 Å². The van der Waals surface area contributed by atoms with Gasteiger partial charge in [0.25, 0.3) is 5.91 Å². The molecule has 6 nitrogen and oxygen atoms in total. The fourth-order valence-corrected chi connectivity index (χ4v) is 2.21. The maximum atomic E-state index is 12.0. The Kier molecular flexibility index (Phi) is 4.09. The summed E-state index contributed by atoms with van der Waals surface area (Å²) in [4.78, 5) is 20.0. The Bertz CT molecular complexity index is 415. The molecule has 1 fully saturated rings. The third-order valence-electron chi connectivity index (χ3n) is 3.37. The molecule has 4 N–H and O–H groups in total. The summed E-state index contributed by atoms with van der Waals surface area (Å²) in [5.74, 6) is 6.21. The van der Waals surface area contributed by atoms with Crippen LogP contribution in [0.15, 0.2) is 12.4 Å². The van der Waals surface area contributed by atoms with Gasteiger partial charge in [-0.2, -0.15) is 0 Å². The molecule has 18 heavy (non-hydrogen) atoms. The highest BCUT2D eigenvalue weighted by atomic mass is 16.1. The molecule has 0 aromatic carbocycles. The molecular weight excluding hydrogens is 230 g/mol. The topological polar surface area (TPSA) is 92.9 Å². The summed E-state index contributed by atoms with van der Waals surface area (Å²) in [6.07, 6.45) is 7.33. The molecule has 0 atom stereocenters. The number of hydrogen-bond acceptors (Lipinski definition) is 5. The Morgan fingerprint density at radius 2 is 2.06 bits per heavy atom. The summed E-state index contributed by atoms with van der Waals surface area (Å²) in [6.45, 7) is 2.25. The summed E-state index contributed by atoms with van der Waals surface area (Å²) in [7, 11) is 0. The van der Waals surface area contributed by atoms with Crippen LogP contribution in [0.1, 0.15) is 43.1 Å². The summed E-state index contributed by atoms with van der Waals surface area (Å²) >= 11 is 0. The first-order valence-electron chi connectivity index (χ1n) is 6.28. The largest absolute Gasteiger partial charge is 0.348 e. The highest BCUT2D eigenvalue weighted by Crippen LogP contribution is 2.23. The van der Waals surface area contributed by atoms with E-state index in [1.165, 1.54) is 25.2 Å². The Hall–Kier alpha value is -1.69. The molecule has 98 valence electrons. The fourth-order valence-electron chi connectivity index (χ4n) is 2.21. The number of carbonyl (C=O) groups excluding carboxylic acids is 1. The predicted molar refractivity (Wildman–Crippen MR) is 68.7 cm³/mol. The lowest BCUT2D eigenvalue weighted by Crippen LogP contribution is -2.37. The van der Waals surface area contributed by atoms with Crippen molar-refractivity contribution < 1.29 is 4.79 Å². The van der Waals surface area contributed by atoms with Gasteiger partial charge in [-0.3, -0.25) is 9.78 Å². The van der Waals surface area contributed by atoms with Gasteiger partial charge in [0.05, 0.1) is 12.4 Å². The summed E-state index contributed by atoms with van der Waals surface area (Å²) in [5.41, 5.74) is 2.67. The zero-order valence-electron chi connectivity index (χ0n) is 10.5. The zero-order chi connectivity index (χ0) is 13.0. The van der Waals surface area contributed by atoms with Gasteiger partial charge in [-0.1, -0.05) is 6.92 Å². The molecule has 1 heterocycles. The highest BCUT2D eigenvalue weighted by Gasteiger charge is 2.20. The zero-order valence-corrected chi connectivity index (χ0v) is 10.5. The molecule has 1 amide bonds. The average molecular weight is 249 g/mol. The van der Waals surface area contributed by atoms with Gasteiger partial charge in [0.15, 0.2) is 5.82 Å². The average Bonchev–Trinajstić information content (AvgIpc) is 2.41. The van der Waals surface area contributed by atoms with Crippen LogP contribution in [0, 0.1) is 5.92 Å². The van der Waals surface area contributed by atoms with E-state index in [1.807, 2.05) is 0 Å². The molecule has 0 bridgehead atoms. The normalized spacial score (nSPS) is 23.4. The van der Waals surface area contributed by atoms with E-state index in [-0.39, 0.29) is 11.9 Å². The van der Waals surface area contributed by atoms with Crippen LogP contribution in [0.4, 0.5) is 5.82 Å². The summed E-state index contributed by atoms with van der Waals surface area (Å²) in [5, 5.41) is 3.00. The molecule has 0 aliphatic heterocycles. The van der Waals surface area contributed by atoms with Crippen molar-refractivity contribution in [1.29, 1.82) is 0 Å². The van der Waals surface area contributed by atoms with Crippen LogP contribution < -0.4 is 16.6 Å². The van der Waals surface area contributed by atoms with Crippen molar-refractivity contribution in [2.75, 3.05) is 5.43 Å². The maximum absolute atomic E-state index is 12.0. The molecule has 1 aliphatic carbocycles. The van der Waals surface area contributed by atoms with Crippen molar-refractivity contribution in [2.24, 2.45) is 11.8 Å². The van der Waals surface area contributed by atoms with Crippen LogP contribution in [0.3, 0.4) is 0 Å². The molecule has 2 rings (SSSR count). The number of hydrazine groups is 1. The summed E-state index contributed by atoms with van der Waals surface area (Å²) in [6, 6.07) is 0.255. The van der Waals surface area contributed by atoms with Crippen molar-refractivity contribution in [3.05, 3.63) is 18.1 Å². The first-order chi connectivity index (χ1) is 8.69. The van der Waals surface area contributed by atoms with E-state index >= 15 is 0 Å². The third-order valence-corrected chi connectivity index (χ3v) is 3.37. The second-order valence-electron chi connectivity index (χ2n) is 4.86. The number of nitrogens with two attached hydrogens (primary N) is 1. The van der Waals surface area contributed by atoms with Crippen LogP contribution >= 0.6 is 0 Å². The Balaban J connectivity index is 1.94. The van der Waals surface area contributed by atoms with E-state index < -0.39 is 0 Å². The van der Waals surface area contributed by atoms with Crippen molar-refractivity contribution >= 4 is 11.7 Å². The molecule has 6 heteroatoms. The monoisotopic (exact) mass is 249 g/mol. The quantitative estimate of drug-likeness (QED) is 0.550. The molecule has 1 aromatic heterocycles. The van der Waals surface area contributed by atoms with Gasteiger partial charge in [-0.15, -0.1) is 0 Å². The lowest BCUT2D eigenvalue weighted by Gasteiger charge is -2.26. The van der Waals surface area contributed by atoms with Gasteiger partial charge in [-0.25, -0.2) is 10.8 Å². The van der Waals surface area contributed by atoms with Crippen molar-refractivity contribution in [3.8, 4) is 0 Å². The van der Waals surface area contributed by atoms with Crippen molar-refractivity contribution in [3.63, 3.8) is 0 Å². The molecule has 1 saturated carbocycles. The van der Waals surface area contributed by atoms with Crippen molar-refractivity contribution in [2.45, 2.75) is 38.6 Å². The maximum Gasteiger partial charge on any atom is 0.271 e.